The van der Waals surface area contributed by atoms with Crippen LogP contribution in [-0.2, 0) is 7.05 Å². The van der Waals surface area contributed by atoms with Crippen molar-refractivity contribution in [3.05, 3.63) is 41.2 Å². The van der Waals surface area contributed by atoms with Gasteiger partial charge in [0.1, 0.15) is 0 Å². The first-order valence-corrected chi connectivity index (χ1v) is 6.62. The number of hydrogen-bond acceptors (Lipinski definition) is 4. The first-order chi connectivity index (χ1) is 9.11. The molecule has 0 saturated heterocycles. The zero-order chi connectivity index (χ0) is 13.4. The first kappa shape index (κ1) is 11.9. The number of anilines is 1. The Morgan fingerprint density at radius 3 is 2.95 bits per heavy atom. The summed E-state index contributed by atoms with van der Waals surface area (Å²) < 4.78 is 2.72. The van der Waals surface area contributed by atoms with Crippen molar-refractivity contribution in [2.75, 3.05) is 5.32 Å². The van der Waals surface area contributed by atoms with E-state index >= 15 is 0 Å². The monoisotopic (exact) mass is 272 g/mol. The number of carbonyl (C=O) groups excluding carboxylic acids is 1. The second kappa shape index (κ2) is 4.47. The summed E-state index contributed by atoms with van der Waals surface area (Å²) in [6.45, 7) is 1.97. The zero-order valence-corrected chi connectivity index (χ0v) is 11.4. The number of carbonyl (C=O) groups is 1. The molecular formula is C13H12N4OS. The molecule has 1 amide bonds. The SMILES string of the molecule is Cc1nc2cc(NC(=O)c3ccn(C)n3)ccc2s1. The summed E-state index contributed by atoms with van der Waals surface area (Å²) >= 11 is 1.64. The number of aryl methyl sites for hydroxylation is 2. The fourth-order valence-electron chi connectivity index (χ4n) is 1.85. The summed E-state index contributed by atoms with van der Waals surface area (Å²) in [5.41, 5.74) is 2.03. The highest BCUT2D eigenvalue weighted by Crippen LogP contribution is 2.24. The Morgan fingerprint density at radius 1 is 1.37 bits per heavy atom. The lowest BCUT2D eigenvalue weighted by atomic mass is 10.3. The second-order valence-corrected chi connectivity index (χ2v) is 5.48. The second-order valence-electron chi connectivity index (χ2n) is 4.24. The summed E-state index contributed by atoms with van der Waals surface area (Å²) in [7, 11) is 1.78. The molecule has 3 aromatic rings. The van der Waals surface area contributed by atoms with E-state index in [0.717, 1.165) is 20.9 Å². The summed E-state index contributed by atoms with van der Waals surface area (Å²) in [6.07, 6.45) is 1.74. The maximum atomic E-state index is 12.0. The van der Waals surface area contributed by atoms with Crippen molar-refractivity contribution in [1.29, 1.82) is 0 Å². The lowest BCUT2D eigenvalue weighted by Gasteiger charge is -2.02. The van der Waals surface area contributed by atoms with E-state index in [1.807, 2.05) is 25.1 Å². The molecule has 0 aliphatic carbocycles. The van der Waals surface area contributed by atoms with Crippen LogP contribution in [0.4, 0.5) is 5.69 Å². The van der Waals surface area contributed by atoms with Crippen LogP contribution < -0.4 is 5.32 Å². The van der Waals surface area contributed by atoms with Gasteiger partial charge >= 0.3 is 0 Å². The highest BCUT2D eigenvalue weighted by atomic mass is 32.1. The molecule has 1 aromatic carbocycles. The van der Waals surface area contributed by atoms with Crippen LogP contribution >= 0.6 is 11.3 Å². The van der Waals surface area contributed by atoms with Gasteiger partial charge in [-0.25, -0.2) is 4.98 Å². The fraction of sp³-hybridized carbons (Fsp3) is 0.154. The van der Waals surface area contributed by atoms with Crippen molar-refractivity contribution in [2.45, 2.75) is 6.92 Å². The van der Waals surface area contributed by atoms with Crippen LogP contribution in [0.2, 0.25) is 0 Å². The van der Waals surface area contributed by atoms with Crippen molar-refractivity contribution < 1.29 is 4.79 Å². The van der Waals surface area contributed by atoms with Gasteiger partial charge in [-0.2, -0.15) is 5.10 Å². The molecule has 0 unspecified atom stereocenters. The van der Waals surface area contributed by atoms with Gasteiger partial charge in [-0.1, -0.05) is 0 Å². The largest absolute Gasteiger partial charge is 0.321 e. The van der Waals surface area contributed by atoms with Gasteiger partial charge in [0.05, 0.1) is 15.2 Å². The molecule has 1 N–H and O–H groups in total. The van der Waals surface area contributed by atoms with Crippen molar-refractivity contribution in [3.8, 4) is 0 Å². The third-order valence-electron chi connectivity index (χ3n) is 2.70. The summed E-state index contributed by atoms with van der Waals surface area (Å²) in [4.78, 5) is 16.4. The number of nitrogens with one attached hydrogen (secondary N) is 1. The van der Waals surface area contributed by atoms with Crippen molar-refractivity contribution >= 4 is 33.1 Å². The molecule has 0 bridgehead atoms. The molecule has 0 spiro atoms. The third kappa shape index (κ3) is 2.34. The Kier molecular flexibility index (Phi) is 2.79. The quantitative estimate of drug-likeness (QED) is 0.780. The Bertz CT molecular complexity index is 759. The smallest absolute Gasteiger partial charge is 0.276 e. The van der Waals surface area contributed by atoms with E-state index in [9.17, 15) is 4.79 Å². The number of fused-ring (bicyclic) bond motifs is 1. The van der Waals surface area contributed by atoms with E-state index in [-0.39, 0.29) is 5.91 Å². The molecule has 0 fully saturated rings. The zero-order valence-electron chi connectivity index (χ0n) is 10.5. The molecular weight excluding hydrogens is 260 g/mol. The third-order valence-corrected chi connectivity index (χ3v) is 3.65. The van der Waals surface area contributed by atoms with Gasteiger partial charge in [-0.3, -0.25) is 9.48 Å². The van der Waals surface area contributed by atoms with Crippen LogP contribution in [0.25, 0.3) is 10.2 Å². The molecule has 0 saturated carbocycles. The van der Waals surface area contributed by atoms with E-state index in [1.54, 1.807) is 35.3 Å². The van der Waals surface area contributed by atoms with Gasteiger partial charge in [0.2, 0.25) is 0 Å². The maximum absolute atomic E-state index is 12.0. The molecule has 5 nitrogen and oxygen atoms in total. The van der Waals surface area contributed by atoms with Gasteiger partial charge in [0, 0.05) is 18.9 Å². The minimum Gasteiger partial charge on any atom is -0.321 e. The summed E-state index contributed by atoms with van der Waals surface area (Å²) in [5.74, 6) is -0.216. The van der Waals surface area contributed by atoms with E-state index in [4.69, 9.17) is 0 Å². The minimum atomic E-state index is -0.216. The highest BCUT2D eigenvalue weighted by Gasteiger charge is 2.10. The molecule has 0 aliphatic heterocycles. The number of nitrogens with zero attached hydrogens (tertiary/aromatic N) is 3. The van der Waals surface area contributed by atoms with Gasteiger partial charge in [-0.05, 0) is 31.2 Å². The van der Waals surface area contributed by atoms with Gasteiger partial charge in [-0.15, -0.1) is 11.3 Å². The lowest BCUT2D eigenvalue weighted by Crippen LogP contribution is -2.12. The maximum Gasteiger partial charge on any atom is 0.276 e. The van der Waals surface area contributed by atoms with Crippen LogP contribution in [0.3, 0.4) is 0 Å². The lowest BCUT2D eigenvalue weighted by molar-refractivity contribution is 0.102. The molecule has 0 aliphatic rings. The highest BCUT2D eigenvalue weighted by molar-refractivity contribution is 7.18. The normalized spacial score (nSPS) is 10.8. The summed E-state index contributed by atoms with van der Waals surface area (Å²) in [6, 6.07) is 7.40. The van der Waals surface area contributed by atoms with E-state index in [1.165, 1.54) is 0 Å². The number of thiazole rings is 1. The van der Waals surface area contributed by atoms with Crippen LogP contribution in [0.15, 0.2) is 30.5 Å². The van der Waals surface area contributed by atoms with Gasteiger partial charge in [0.15, 0.2) is 5.69 Å². The predicted molar refractivity (Wildman–Crippen MR) is 75.5 cm³/mol. The van der Waals surface area contributed by atoms with Gasteiger partial charge in [0.25, 0.3) is 5.91 Å². The molecule has 3 rings (SSSR count). The minimum absolute atomic E-state index is 0.216. The van der Waals surface area contributed by atoms with Crippen LogP contribution in [0.1, 0.15) is 15.5 Å². The topological polar surface area (TPSA) is 59.8 Å². The number of benzene rings is 1. The molecule has 19 heavy (non-hydrogen) atoms. The van der Waals surface area contributed by atoms with Crippen molar-refractivity contribution in [3.63, 3.8) is 0 Å². The summed E-state index contributed by atoms with van der Waals surface area (Å²) in [5, 5.41) is 7.90. The molecule has 2 heterocycles. The van der Waals surface area contributed by atoms with E-state index in [0.29, 0.717) is 5.69 Å². The fourth-order valence-corrected chi connectivity index (χ4v) is 2.66. The van der Waals surface area contributed by atoms with Crippen LogP contribution in [-0.4, -0.2) is 20.7 Å². The molecule has 0 radical (unpaired) electrons. The molecule has 6 heteroatoms. The standard InChI is InChI=1S/C13H12N4OS/c1-8-14-11-7-9(3-4-12(11)19-8)15-13(18)10-5-6-17(2)16-10/h3-7H,1-2H3,(H,15,18). The molecule has 0 atom stereocenters. The Balaban J connectivity index is 1.86. The number of rotatable bonds is 2. The Morgan fingerprint density at radius 2 is 2.21 bits per heavy atom. The average Bonchev–Trinajstić information content (AvgIpc) is 2.93. The van der Waals surface area contributed by atoms with Crippen molar-refractivity contribution in [1.82, 2.24) is 14.8 Å². The first-order valence-electron chi connectivity index (χ1n) is 5.80. The number of amides is 1. The van der Waals surface area contributed by atoms with E-state index in [2.05, 4.69) is 15.4 Å². The average molecular weight is 272 g/mol. The Labute approximate surface area is 113 Å². The molecule has 2 aromatic heterocycles. The van der Waals surface area contributed by atoms with Crippen molar-refractivity contribution in [2.24, 2.45) is 7.05 Å². The van der Waals surface area contributed by atoms with Crippen LogP contribution in [0, 0.1) is 6.92 Å². The number of hydrogen-bond donors (Lipinski definition) is 1. The predicted octanol–water partition coefficient (Wildman–Crippen LogP) is 2.59. The van der Waals surface area contributed by atoms with Gasteiger partial charge < -0.3 is 5.32 Å². The van der Waals surface area contributed by atoms with E-state index < -0.39 is 0 Å². The Hall–Kier alpha value is -2.21. The molecule has 96 valence electrons. The van der Waals surface area contributed by atoms with Crippen LogP contribution in [0.5, 0.6) is 0 Å². The number of aromatic nitrogens is 3.